The zero-order valence-electron chi connectivity index (χ0n) is 22.2. The van der Waals surface area contributed by atoms with Crippen LogP contribution in [-0.2, 0) is 24.4 Å². The van der Waals surface area contributed by atoms with Gasteiger partial charge in [0.1, 0.15) is 18.2 Å². The van der Waals surface area contributed by atoms with Gasteiger partial charge in [-0.1, -0.05) is 35.9 Å². The molecule has 7 nitrogen and oxygen atoms in total. The van der Waals surface area contributed by atoms with E-state index in [0.29, 0.717) is 43.7 Å². The third-order valence-electron chi connectivity index (χ3n) is 7.62. The molecule has 2 aliphatic rings. The molecule has 0 aliphatic carbocycles. The third-order valence-corrected chi connectivity index (χ3v) is 7.85. The van der Waals surface area contributed by atoms with Gasteiger partial charge in [0.15, 0.2) is 11.6 Å². The van der Waals surface area contributed by atoms with Crippen LogP contribution in [0.3, 0.4) is 0 Å². The predicted octanol–water partition coefficient (Wildman–Crippen LogP) is 6.32. The number of carbonyl (C=O) groups is 1. The van der Waals surface area contributed by atoms with Crippen LogP contribution >= 0.6 is 11.6 Å². The first-order valence-electron chi connectivity index (χ1n) is 13.5. The van der Waals surface area contributed by atoms with Crippen LogP contribution < -0.4 is 4.74 Å². The summed E-state index contributed by atoms with van der Waals surface area (Å²) in [5.41, 5.74) is 3.38. The number of benzene rings is 3. The summed E-state index contributed by atoms with van der Waals surface area (Å²) in [6, 6.07) is 14.3. The lowest BCUT2D eigenvalue weighted by Gasteiger charge is -2.29. The summed E-state index contributed by atoms with van der Waals surface area (Å²) in [6.07, 6.45) is 3.67. The SMILES string of the molecule is O=C(O)c1ccc2nc(CN3CC=C(c4cccc(OCc5ccc(Cl)cc5F)c4F)CC3)n(C[C@@H]3CCO3)c2c1. The first kappa shape index (κ1) is 27.4. The third kappa shape index (κ3) is 5.84. The van der Waals surface area contributed by atoms with Gasteiger partial charge in [-0.15, -0.1) is 0 Å². The van der Waals surface area contributed by atoms with Gasteiger partial charge in [0.05, 0.1) is 35.8 Å². The van der Waals surface area contributed by atoms with Crippen molar-refractivity contribution in [3.8, 4) is 5.75 Å². The van der Waals surface area contributed by atoms with Crippen molar-refractivity contribution in [2.24, 2.45) is 0 Å². The van der Waals surface area contributed by atoms with Gasteiger partial charge in [0, 0.05) is 35.8 Å². The average Bonchev–Trinajstić information content (AvgIpc) is 3.27. The summed E-state index contributed by atoms with van der Waals surface area (Å²) in [5, 5.41) is 9.76. The van der Waals surface area contributed by atoms with Crippen molar-refractivity contribution in [3.63, 3.8) is 0 Å². The molecule has 3 heterocycles. The maximum Gasteiger partial charge on any atom is 0.335 e. The first-order chi connectivity index (χ1) is 19.9. The van der Waals surface area contributed by atoms with Gasteiger partial charge in [-0.3, -0.25) is 4.90 Å². The molecule has 2 aliphatic heterocycles. The quantitative estimate of drug-likeness (QED) is 0.250. The van der Waals surface area contributed by atoms with E-state index in [1.807, 2.05) is 6.08 Å². The number of hydrogen-bond donors (Lipinski definition) is 1. The highest BCUT2D eigenvalue weighted by Gasteiger charge is 2.24. The molecule has 1 N–H and O–H groups in total. The Balaban J connectivity index is 1.17. The molecular weight excluding hydrogens is 552 g/mol. The summed E-state index contributed by atoms with van der Waals surface area (Å²) < 4.78 is 42.9. The molecule has 3 aromatic carbocycles. The molecule has 0 radical (unpaired) electrons. The van der Waals surface area contributed by atoms with Crippen molar-refractivity contribution in [3.05, 3.63) is 99.8 Å². The minimum Gasteiger partial charge on any atom is -0.486 e. The van der Waals surface area contributed by atoms with Gasteiger partial charge in [-0.2, -0.15) is 0 Å². The summed E-state index contributed by atoms with van der Waals surface area (Å²) in [4.78, 5) is 18.6. The Bertz CT molecular complexity index is 1650. The summed E-state index contributed by atoms with van der Waals surface area (Å²) >= 11 is 5.81. The van der Waals surface area contributed by atoms with Crippen molar-refractivity contribution in [1.82, 2.24) is 14.5 Å². The fourth-order valence-corrected chi connectivity index (χ4v) is 5.38. The molecule has 10 heteroatoms. The molecule has 41 heavy (non-hydrogen) atoms. The number of nitrogens with zero attached hydrogens (tertiary/aromatic N) is 3. The highest BCUT2D eigenvalue weighted by atomic mass is 35.5. The molecule has 1 aromatic heterocycles. The minimum absolute atomic E-state index is 0.0628. The molecule has 1 fully saturated rings. The topological polar surface area (TPSA) is 76.8 Å². The molecular formula is C31H28ClF2N3O4. The van der Waals surface area contributed by atoms with Gasteiger partial charge >= 0.3 is 5.97 Å². The number of carboxylic acid groups (broad SMARTS) is 1. The Kier molecular flexibility index (Phi) is 7.75. The number of carboxylic acids is 1. The van der Waals surface area contributed by atoms with Crippen LogP contribution in [0.2, 0.25) is 5.02 Å². The van der Waals surface area contributed by atoms with Crippen LogP contribution in [0.4, 0.5) is 8.78 Å². The summed E-state index contributed by atoms with van der Waals surface area (Å²) in [7, 11) is 0. The van der Waals surface area contributed by atoms with Crippen LogP contribution in [0.15, 0.2) is 60.7 Å². The minimum atomic E-state index is -0.978. The fourth-order valence-electron chi connectivity index (χ4n) is 5.23. The number of ether oxygens (including phenoxy) is 2. The standard InChI is InChI=1S/C31H28ClF2N3O4/c32-22-6-4-21(25(33)15-22)18-41-28-3-1-2-24(30(28)34)19-8-11-36(12-9-19)17-29-35-26-7-5-20(31(38)39)14-27(26)37(29)16-23-10-13-40-23/h1-8,14-15,23H,9-13,16-18H2,(H,38,39)/t23-/m0/s1. The number of imidazole rings is 1. The molecule has 1 atom stereocenters. The van der Waals surface area contributed by atoms with Crippen LogP contribution in [0, 0.1) is 11.6 Å². The molecule has 4 aromatic rings. The molecule has 1 saturated heterocycles. The van der Waals surface area contributed by atoms with Gasteiger partial charge in [-0.25, -0.2) is 18.6 Å². The second-order valence-electron chi connectivity index (χ2n) is 10.3. The van der Waals surface area contributed by atoms with Crippen molar-refractivity contribution in [1.29, 1.82) is 0 Å². The summed E-state index contributed by atoms with van der Waals surface area (Å²) in [6.45, 7) is 3.08. The van der Waals surface area contributed by atoms with Gasteiger partial charge in [0.25, 0.3) is 0 Å². The van der Waals surface area contributed by atoms with Gasteiger partial charge < -0.3 is 19.1 Å². The first-order valence-corrected chi connectivity index (χ1v) is 13.8. The van der Waals surface area contributed by atoms with Crippen LogP contribution in [0.1, 0.15) is 40.2 Å². The Morgan fingerprint density at radius 2 is 2.02 bits per heavy atom. The van der Waals surface area contributed by atoms with Crippen molar-refractivity contribution < 1.29 is 28.2 Å². The summed E-state index contributed by atoms with van der Waals surface area (Å²) in [5.74, 6) is -1.05. The maximum absolute atomic E-state index is 15.4. The Morgan fingerprint density at radius 3 is 2.73 bits per heavy atom. The normalized spacial score (nSPS) is 17.3. The number of hydrogen-bond acceptors (Lipinski definition) is 5. The van der Waals surface area contributed by atoms with Crippen LogP contribution in [0.5, 0.6) is 5.75 Å². The molecule has 6 rings (SSSR count). The molecule has 0 bridgehead atoms. The van der Waals surface area contributed by atoms with Crippen LogP contribution in [-0.4, -0.2) is 51.3 Å². The largest absolute Gasteiger partial charge is 0.486 e. The highest BCUT2D eigenvalue weighted by Crippen LogP contribution is 2.31. The Morgan fingerprint density at radius 1 is 1.17 bits per heavy atom. The van der Waals surface area contributed by atoms with Crippen molar-refractivity contribution in [2.75, 3.05) is 19.7 Å². The van der Waals surface area contributed by atoms with E-state index in [-0.39, 0.29) is 29.0 Å². The Hall–Kier alpha value is -3.79. The van der Waals surface area contributed by atoms with E-state index < -0.39 is 17.6 Å². The molecule has 0 unspecified atom stereocenters. The predicted molar refractivity (Wildman–Crippen MR) is 151 cm³/mol. The smallest absolute Gasteiger partial charge is 0.335 e. The molecule has 0 spiro atoms. The monoisotopic (exact) mass is 579 g/mol. The van der Waals surface area contributed by atoms with E-state index in [1.165, 1.54) is 18.2 Å². The van der Waals surface area contributed by atoms with E-state index in [1.54, 1.807) is 36.4 Å². The fraction of sp³-hybridized carbons (Fsp3) is 0.290. The van der Waals surface area contributed by atoms with E-state index in [2.05, 4.69) is 9.47 Å². The number of halogens is 3. The van der Waals surface area contributed by atoms with Gasteiger partial charge in [-0.05, 0) is 54.8 Å². The number of aromatic nitrogens is 2. The molecule has 212 valence electrons. The number of aromatic carboxylic acids is 1. The molecule has 0 amide bonds. The van der Waals surface area contributed by atoms with Crippen molar-refractivity contribution >= 4 is 34.2 Å². The van der Waals surface area contributed by atoms with Gasteiger partial charge in [0.2, 0.25) is 0 Å². The van der Waals surface area contributed by atoms with E-state index in [4.69, 9.17) is 26.1 Å². The second kappa shape index (κ2) is 11.6. The molecule has 0 saturated carbocycles. The second-order valence-corrected chi connectivity index (χ2v) is 10.7. The number of rotatable bonds is 9. The zero-order valence-corrected chi connectivity index (χ0v) is 22.9. The lowest BCUT2D eigenvalue weighted by molar-refractivity contribution is -0.0591. The van der Waals surface area contributed by atoms with E-state index in [9.17, 15) is 14.3 Å². The van der Waals surface area contributed by atoms with Crippen LogP contribution in [0.25, 0.3) is 16.6 Å². The Labute approximate surface area is 240 Å². The highest BCUT2D eigenvalue weighted by molar-refractivity contribution is 6.30. The number of fused-ring (bicyclic) bond motifs is 1. The average molecular weight is 580 g/mol. The maximum atomic E-state index is 15.4. The lowest BCUT2D eigenvalue weighted by atomic mass is 9.98. The van der Waals surface area contributed by atoms with Crippen molar-refractivity contribution in [2.45, 2.75) is 38.6 Å². The van der Waals surface area contributed by atoms with E-state index in [0.717, 1.165) is 35.5 Å². The lowest BCUT2D eigenvalue weighted by Crippen LogP contribution is -2.33. The zero-order chi connectivity index (χ0) is 28.5. The van der Waals surface area contributed by atoms with E-state index >= 15 is 4.39 Å².